The number of hydrogen-bond donors (Lipinski definition) is 2. The smallest absolute Gasteiger partial charge is 0.243 e. The molecule has 202 valence electrons. The van der Waals surface area contributed by atoms with E-state index in [9.17, 15) is 18.0 Å². The number of carbonyl (C=O) groups is 2. The number of carbonyl (C=O) groups excluding carboxylic acids is 2. The van der Waals surface area contributed by atoms with Gasteiger partial charge in [-0.25, -0.2) is 8.42 Å². The zero-order valence-corrected chi connectivity index (χ0v) is 22.6. The number of rotatable bonds is 9. The number of methoxy groups -OCH3 is 2. The summed E-state index contributed by atoms with van der Waals surface area (Å²) in [7, 11) is -0.597. The van der Waals surface area contributed by atoms with Gasteiger partial charge in [0, 0.05) is 43.4 Å². The van der Waals surface area contributed by atoms with Crippen molar-refractivity contribution in [3.63, 3.8) is 0 Å². The highest BCUT2D eigenvalue weighted by Gasteiger charge is 2.32. The van der Waals surface area contributed by atoms with Crippen LogP contribution in [0.15, 0.2) is 65.6 Å². The van der Waals surface area contributed by atoms with Gasteiger partial charge in [-0.05, 0) is 42.5 Å². The number of nitrogens with one attached hydrogen (secondary N) is 2. The Labute approximate surface area is 223 Å². The van der Waals surface area contributed by atoms with Gasteiger partial charge in [0.25, 0.3) is 0 Å². The first kappa shape index (κ1) is 27.4. The molecular weight excluding hydrogens is 506 g/mol. The quantitative estimate of drug-likeness (QED) is 0.432. The van der Waals surface area contributed by atoms with Crippen molar-refractivity contribution in [2.24, 2.45) is 0 Å². The molecule has 2 amide bonds. The highest BCUT2D eigenvalue weighted by atomic mass is 32.2. The molecule has 0 aromatic heterocycles. The van der Waals surface area contributed by atoms with E-state index in [1.54, 1.807) is 44.6 Å². The zero-order chi connectivity index (χ0) is 27.3. The predicted octanol–water partition coefficient (Wildman–Crippen LogP) is 2.87. The lowest BCUT2D eigenvalue weighted by Gasteiger charge is -2.32. The third kappa shape index (κ3) is 6.08. The van der Waals surface area contributed by atoms with E-state index in [0.29, 0.717) is 29.7 Å². The van der Waals surface area contributed by atoms with E-state index in [2.05, 4.69) is 10.6 Å². The Balaban J connectivity index is 1.43. The van der Waals surface area contributed by atoms with E-state index in [-0.39, 0.29) is 42.3 Å². The number of piperidine rings is 1. The van der Waals surface area contributed by atoms with Crippen molar-refractivity contribution < 1.29 is 27.5 Å². The van der Waals surface area contributed by atoms with Crippen molar-refractivity contribution in [1.29, 1.82) is 0 Å². The van der Waals surface area contributed by atoms with Gasteiger partial charge >= 0.3 is 0 Å². The maximum Gasteiger partial charge on any atom is 0.243 e. The first-order valence-electron chi connectivity index (χ1n) is 12.5. The Kier molecular flexibility index (Phi) is 8.53. The number of ether oxygens (including phenoxy) is 2. The van der Waals surface area contributed by atoms with E-state index in [1.165, 1.54) is 11.2 Å². The molecule has 9 nitrogen and oxygen atoms in total. The Morgan fingerprint density at radius 2 is 1.71 bits per heavy atom. The van der Waals surface area contributed by atoms with Crippen molar-refractivity contribution in [2.45, 2.75) is 43.2 Å². The lowest BCUT2D eigenvalue weighted by atomic mass is 10.0. The fourth-order valence-corrected chi connectivity index (χ4v) is 6.50. The first-order chi connectivity index (χ1) is 18.2. The molecule has 38 heavy (non-hydrogen) atoms. The lowest BCUT2D eigenvalue weighted by Crippen LogP contribution is -2.53. The molecule has 1 heterocycles. The SMILES string of the molecule is COc1ccc(OC)c(C[C@H](NC(C)=O)C(=O)NC2CCN(S(=O)(=O)c3cccc4ccccc34)CC2)c1. The van der Waals surface area contributed by atoms with Gasteiger partial charge < -0.3 is 20.1 Å². The molecule has 0 spiro atoms. The topological polar surface area (TPSA) is 114 Å². The van der Waals surface area contributed by atoms with Gasteiger partial charge in [-0.3, -0.25) is 9.59 Å². The van der Waals surface area contributed by atoms with E-state index in [4.69, 9.17) is 9.47 Å². The van der Waals surface area contributed by atoms with Crippen LogP contribution in [0.4, 0.5) is 0 Å². The maximum absolute atomic E-state index is 13.4. The van der Waals surface area contributed by atoms with Crippen LogP contribution < -0.4 is 20.1 Å². The molecule has 10 heteroatoms. The van der Waals surface area contributed by atoms with Crippen LogP contribution in [0.25, 0.3) is 10.8 Å². The molecule has 0 saturated carbocycles. The molecule has 0 aliphatic carbocycles. The van der Waals surface area contributed by atoms with Gasteiger partial charge in [0.15, 0.2) is 0 Å². The van der Waals surface area contributed by atoms with Crippen molar-refractivity contribution in [3.8, 4) is 11.5 Å². The molecule has 0 bridgehead atoms. The number of nitrogens with zero attached hydrogens (tertiary/aromatic N) is 1. The van der Waals surface area contributed by atoms with Crippen LogP contribution in [0.1, 0.15) is 25.3 Å². The highest BCUT2D eigenvalue weighted by molar-refractivity contribution is 7.89. The normalized spacial score (nSPS) is 15.6. The number of benzene rings is 3. The summed E-state index contributed by atoms with van der Waals surface area (Å²) in [5.74, 6) is 0.534. The van der Waals surface area contributed by atoms with Crippen LogP contribution in [0, 0.1) is 0 Å². The van der Waals surface area contributed by atoms with Gasteiger partial charge in [0.05, 0.1) is 19.1 Å². The molecule has 1 aliphatic rings. The van der Waals surface area contributed by atoms with E-state index >= 15 is 0 Å². The maximum atomic E-state index is 13.4. The molecule has 3 aromatic carbocycles. The summed E-state index contributed by atoms with van der Waals surface area (Å²) in [6.45, 7) is 1.93. The van der Waals surface area contributed by atoms with E-state index in [0.717, 1.165) is 10.9 Å². The van der Waals surface area contributed by atoms with Crippen molar-refractivity contribution >= 4 is 32.6 Å². The van der Waals surface area contributed by atoms with Crippen molar-refractivity contribution in [1.82, 2.24) is 14.9 Å². The Hall–Kier alpha value is -3.63. The second-order valence-electron chi connectivity index (χ2n) is 9.30. The van der Waals surface area contributed by atoms with Gasteiger partial charge in [0.1, 0.15) is 17.5 Å². The van der Waals surface area contributed by atoms with Crippen molar-refractivity contribution in [3.05, 3.63) is 66.2 Å². The molecule has 0 radical (unpaired) electrons. The summed E-state index contributed by atoms with van der Waals surface area (Å²) in [4.78, 5) is 25.4. The molecule has 1 aliphatic heterocycles. The van der Waals surface area contributed by atoms with Crippen LogP contribution in [-0.4, -0.2) is 63.9 Å². The highest BCUT2D eigenvalue weighted by Crippen LogP contribution is 2.28. The zero-order valence-electron chi connectivity index (χ0n) is 21.8. The summed E-state index contributed by atoms with van der Waals surface area (Å²) in [6.07, 6.45) is 1.14. The minimum absolute atomic E-state index is 0.208. The second-order valence-corrected chi connectivity index (χ2v) is 11.2. The molecule has 4 rings (SSSR count). The summed E-state index contributed by atoms with van der Waals surface area (Å²) < 4.78 is 39.1. The third-order valence-corrected chi connectivity index (χ3v) is 8.73. The standard InChI is InChI=1S/C28H33N3O6S/c1-19(32)29-25(18-21-17-23(36-2)11-12-26(21)37-3)28(33)30-22-13-15-31(16-14-22)38(34,35)27-10-6-8-20-7-4-5-9-24(20)27/h4-12,17,22,25H,13-16,18H2,1-3H3,(H,29,32)(H,30,33)/t25-/m0/s1. The van der Waals surface area contributed by atoms with Crippen LogP contribution in [-0.2, 0) is 26.0 Å². The number of fused-ring (bicyclic) bond motifs is 1. The molecule has 1 atom stereocenters. The Bertz CT molecular complexity index is 1410. The average Bonchev–Trinajstić information content (AvgIpc) is 2.92. The average molecular weight is 540 g/mol. The largest absolute Gasteiger partial charge is 0.497 e. The third-order valence-electron chi connectivity index (χ3n) is 6.77. The Morgan fingerprint density at radius 1 is 1.00 bits per heavy atom. The second kappa shape index (κ2) is 11.8. The molecule has 2 N–H and O–H groups in total. The van der Waals surface area contributed by atoms with Crippen LogP contribution >= 0.6 is 0 Å². The molecular formula is C28H33N3O6S. The molecule has 1 saturated heterocycles. The van der Waals surface area contributed by atoms with Crippen LogP contribution in [0.3, 0.4) is 0 Å². The molecule has 0 unspecified atom stereocenters. The predicted molar refractivity (Wildman–Crippen MR) is 145 cm³/mol. The number of amides is 2. The first-order valence-corrected chi connectivity index (χ1v) is 13.9. The Morgan fingerprint density at radius 3 is 2.39 bits per heavy atom. The van der Waals surface area contributed by atoms with Gasteiger partial charge in [-0.1, -0.05) is 36.4 Å². The van der Waals surface area contributed by atoms with Crippen LogP contribution in [0.5, 0.6) is 11.5 Å². The van der Waals surface area contributed by atoms with Crippen molar-refractivity contribution in [2.75, 3.05) is 27.3 Å². The summed E-state index contributed by atoms with van der Waals surface area (Å²) >= 11 is 0. The fourth-order valence-electron chi connectivity index (χ4n) is 4.82. The minimum Gasteiger partial charge on any atom is -0.497 e. The summed E-state index contributed by atoms with van der Waals surface area (Å²) in [5, 5.41) is 7.29. The number of hydrogen-bond acceptors (Lipinski definition) is 6. The molecule has 3 aromatic rings. The van der Waals surface area contributed by atoms with Gasteiger partial charge in [0.2, 0.25) is 21.8 Å². The monoisotopic (exact) mass is 539 g/mol. The molecule has 1 fully saturated rings. The van der Waals surface area contributed by atoms with Crippen LogP contribution in [0.2, 0.25) is 0 Å². The van der Waals surface area contributed by atoms with Gasteiger partial charge in [-0.2, -0.15) is 4.31 Å². The fraction of sp³-hybridized carbons (Fsp3) is 0.357. The summed E-state index contributed by atoms with van der Waals surface area (Å²) in [5.41, 5.74) is 0.719. The van der Waals surface area contributed by atoms with Gasteiger partial charge in [-0.15, -0.1) is 0 Å². The lowest BCUT2D eigenvalue weighted by molar-refractivity contribution is -0.128. The van der Waals surface area contributed by atoms with E-state index in [1.807, 2.05) is 30.3 Å². The minimum atomic E-state index is -3.69. The van der Waals surface area contributed by atoms with E-state index < -0.39 is 16.1 Å². The number of sulfonamides is 1. The summed E-state index contributed by atoms with van der Waals surface area (Å²) in [6, 6.07) is 16.9.